The summed E-state index contributed by atoms with van der Waals surface area (Å²) in [7, 11) is 0. The molecule has 0 spiro atoms. The predicted octanol–water partition coefficient (Wildman–Crippen LogP) is 2.11. The van der Waals surface area contributed by atoms with Crippen molar-refractivity contribution in [2.45, 2.75) is 13.8 Å². The van der Waals surface area contributed by atoms with Crippen molar-refractivity contribution in [2.75, 3.05) is 19.7 Å². The SMILES string of the molecule is CC(C)CNC(=O)C(=O)NCCOc1ccc2ccccc2c1. The second kappa shape index (κ2) is 8.17. The Morgan fingerprint density at radius 1 is 1.00 bits per heavy atom. The smallest absolute Gasteiger partial charge is 0.309 e. The zero-order chi connectivity index (χ0) is 16.7. The number of rotatable bonds is 6. The van der Waals surface area contributed by atoms with Crippen molar-refractivity contribution < 1.29 is 14.3 Å². The summed E-state index contributed by atoms with van der Waals surface area (Å²) in [6, 6.07) is 13.8. The molecule has 2 N–H and O–H groups in total. The fourth-order valence-corrected chi connectivity index (χ4v) is 2.05. The number of fused-ring (bicyclic) bond motifs is 1. The average molecular weight is 314 g/mol. The van der Waals surface area contributed by atoms with Crippen molar-refractivity contribution in [1.82, 2.24) is 10.6 Å². The number of carbonyl (C=O) groups excluding carboxylic acids is 2. The summed E-state index contributed by atoms with van der Waals surface area (Å²) in [6.07, 6.45) is 0. The molecule has 0 saturated heterocycles. The van der Waals surface area contributed by atoms with Gasteiger partial charge < -0.3 is 15.4 Å². The Bertz CT molecular complexity index is 683. The van der Waals surface area contributed by atoms with Crippen LogP contribution in [0, 0.1) is 5.92 Å². The second-order valence-electron chi connectivity index (χ2n) is 5.72. The van der Waals surface area contributed by atoms with E-state index < -0.39 is 11.8 Å². The Hall–Kier alpha value is -2.56. The minimum absolute atomic E-state index is 0.279. The van der Waals surface area contributed by atoms with E-state index in [1.807, 2.05) is 56.3 Å². The molecule has 0 unspecified atom stereocenters. The first-order chi connectivity index (χ1) is 11.1. The average Bonchev–Trinajstić information content (AvgIpc) is 2.56. The molecule has 0 aromatic heterocycles. The van der Waals surface area contributed by atoms with Crippen LogP contribution in [0.2, 0.25) is 0 Å². The van der Waals surface area contributed by atoms with Gasteiger partial charge in [0.1, 0.15) is 12.4 Å². The molecule has 0 bridgehead atoms. The zero-order valence-electron chi connectivity index (χ0n) is 13.5. The summed E-state index contributed by atoms with van der Waals surface area (Å²) in [5, 5.41) is 7.35. The lowest BCUT2D eigenvalue weighted by Crippen LogP contribution is -2.42. The molecule has 0 radical (unpaired) electrons. The van der Waals surface area contributed by atoms with Crippen LogP contribution in [0.15, 0.2) is 42.5 Å². The van der Waals surface area contributed by atoms with Crippen molar-refractivity contribution in [3.8, 4) is 5.75 Å². The Kier molecular flexibility index (Phi) is 5.97. The first-order valence-corrected chi connectivity index (χ1v) is 7.74. The maximum Gasteiger partial charge on any atom is 0.309 e. The molecule has 2 rings (SSSR count). The lowest BCUT2D eigenvalue weighted by molar-refractivity contribution is -0.139. The Labute approximate surface area is 136 Å². The van der Waals surface area contributed by atoms with E-state index >= 15 is 0 Å². The predicted molar refractivity (Wildman–Crippen MR) is 90.3 cm³/mol. The number of carbonyl (C=O) groups is 2. The first kappa shape index (κ1) is 16.8. The van der Waals surface area contributed by atoms with E-state index in [0.29, 0.717) is 19.1 Å². The van der Waals surface area contributed by atoms with Gasteiger partial charge in [-0.25, -0.2) is 0 Å². The quantitative estimate of drug-likeness (QED) is 0.634. The lowest BCUT2D eigenvalue weighted by atomic mass is 10.1. The van der Waals surface area contributed by atoms with Crippen molar-refractivity contribution in [1.29, 1.82) is 0 Å². The summed E-state index contributed by atoms with van der Waals surface area (Å²) < 4.78 is 5.60. The fraction of sp³-hybridized carbons (Fsp3) is 0.333. The highest BCUT2D eigenvalue weighted by atomic mass is 16.5. The normalized spacial score (nSPS) is 10.6. The number of amides is 2. The molecule has 0 aliphatic heterocycles. The van der Waals surface area contributed by atoms with Crippen LogP contribution in [0.25, 0.3) is 10.8 Å². The maximum atomic E-state index is 11.6. The van der Waals surface area contributed by atoms with Crippen LogP contribution in [0.3, 0.4) is 0 Å². The molecule has 5 heteroatoms. The van der Waals surface area contributed by atoms with E-state index in [1.165, 1.54) is 0 Å². The number of ether oxygens (including phenoxy) is 1. The topological polar surface area (TPSA) is 67.4 Å². The summed E-state index contributed by atoms with van der Waals surface area (Å²) in [5.74, 6) is -0.192. The van der Waals surface area contributed by atoms with E-state index in [4.69, 9.17) is 4.74 Å². The molecule has 0 atom stereocenters. The van der Waals surface area contributed by atoms with Crippen molar-refractivity contribution in [3.63, 3.8) is 0 Å². The molecule has 0 saturated carbocycles. The van der Waals surface area contributed by atoms with Gasteiger partial charge in [0, 0.05) is 6.54 Å². The van der Waals surface area contributed by atoms with Crippen LogP contribution in [-0.4, -0.2) is 31.5 Å². The van der Waals surface area contributed by atoms with Crippen LogP contribution < -0.4 is 15.4 Å². The highest BCUT2D eigenvalue weighted by Gasteiger charge is 2.12. The molecule has 2 aromatic rings. The molecule has 0 aliphatic rings. The third-order valence-corrected chi connectivity index (χ3v) is 3.25. The minimum Gasteiger partial charge on any atom is -0.492 e. The molecule has 5 nitrogen and oxygen atoms in total. The van der Waals surface area contributed by atoms with Crippen LogP contribution in [0.4, 0.5) is 0 Å². The van der Waals surface area contributed by atoms with Gasteiger partial charge in [-0.2, -0.15) is 0 Å². The summed E-state index contributed by atoms with van der Waals surface area (Å²) in [4.78, 5) is 23.1. The van der Waals surface area contributed by atoms with Gasteiger partial charge >= 0.3 is 11.8 Å². The van der Waals surface area contributed by atoms with Crippen molar-refractivity contribution in [2.24, 2.45) is 5.92 Å². The highest BCUT2D eigenvalue weighted by molar-refractivity contribution is 6.35. The van der Waals surface area contributed by atoms with Crippen LogP contribution in [0.1, 0.15) is 13.8 Å². The highest BCUT2D eigenvalue weighted by Crippen LogP contribution is 2.20. The fourth-order valence-electron chi connectivity index (χ4n) is 2.05. The van der Waals surface area contributed by atoms with Crippen LogP contribution >= 0.6 is 0 Å². The number of benzene rings is 2. The lowest BCUT2D eigenvalue weighted by Gasteiger charge is -2.09. The molecule has 122 valence electrons. The largest absolute Gasteiger partial charge is 0.492 e. The second-order valence-corrected chi connectivity index (χ2v) is 5.72. The van der Waals surface area contributed by atoms with Gasteiger partial charge in [-0.05, 0) is 28.8 Å². The van der Waals surface area contributed by atoms with Gasteiger partial charge in [0.25, 0.3) is 0 Å². The van der Waals surface area contributed by atoms with E-state index in [0.717, 1.165) is 16.5 Å². The van der Waals surface area contributed by atoms with E-state index in [1.54, 1.807) is 0 Å². The van der Waals surface area contributed by atoms with Crippen molar-refractivity contribution in [3.05, 3.63) is 42.5 Å². The number of hydrogen-bond acceptors (Lipinski definition) is 3. The van der Waals surface area contributed by atoms with Crippen LogP contribution in [0.5, 0.6) is 5.75 Å². The van der Waals surface area contributed by atoms with Gasteiger partial charge in [0.2, 0.25) is 0 Å². The zero-order valence-corrected chi connectivity index (χ0v) is 13.5. The Morgan fingerprint density at radius 3 is 2.43 bits per heavy atom. The van der Waals surface area contributed by atoms with Crippen LogP contribution in [-0.2, 0) is 9.59 Å². The Morgan fingerprint density at radius 2 is 1.70 bits per heavy atom. The summed E-state index contributed by atoms with van der Waals surface area (Å²) in [5.41, 5.74) is 0. The third-order valence-electron chi connectivity index (χ3n) is 3.25. The van der Waals surface area contributed by atoms with Gasteiger partial charge in [0.05, 0.1) is 6.54 Å². The molecular weight excluding hydrogens is 292 g/mol. The molecule has 2 aromatic carbocycles. The minimum atomic E-state index is -0.632. The van der Waals surface area contributed by atoms with Crippen molar-refractivity contribution >= 4 is 22.6 Å². The molecule has 2 amide bonds. The van der Waals surface area contributed by atoms with Gasteiger partial charge in [-0.3, -0.25) is 9.59 Å². The molecule has 0 aliphatic carbocycles. The molecule has 23 heavy (non-hydrogen) atoms. The first-order valence-electron chi connectivity index (χ1n) is 7.74. The molecule has 0 heterocycles. The van der Waals surface area contributed by atoms with E-state index in [9.17, 15) is 9.59 Å². The van der Waals surface area contributed by atoms with Gasteiger partial charge in [-0.1, -0.05) is 44.2 Å². The van der Waals surface area contributed by atoms with Gasteiger partial charge in [0.15, 0.2) is 0 Å². The summed E-state index contributed by atoms with van der Waals surface area (Å²) >= 11 is 0. The third kappa shape index (κ3) is 5.29. The monoisotopic (exact) mass is 314 g/mol. The molecular formula is C18H22N2O3. The summed E-state index contributed by atoms with van der Waals surface area (Å²) in [6.45, 7) is 5.01. The number of nitrogens with one attached hydrogen (secondary N) is 2. The standard InChI is InChI=1S/C18H22N2O3/c1-13(2)12-20-18(22)17(21)19-9-10-23-16-8-7-14-5-3-4-6-15(14)11-16/h3-8,11,13H,9-10,12H2,1-2H3,(H,19,21)(H,20,22). The molecule has 0 fully saturated rings. The Balaban J connectivity index is 1.73. The maximum absolute atomic E-state index is 11.6. The van der Waals surface area contributed by atoms with E-state index in [2.05, 4.69) is 10.6 Å². The van der Waals surface area contributed by atoms with Gasteiger partial charge in [-0.15, -0.1) is 0 Å². The number of hydrogen-bond donors (Lipinski definition) is 2. The van der Waals surface area contributed by atoms with E-state index in [-0.39, 0.29) is 6.54 Å².